The molecule has 0 saturated carbocycles. The van der Waals surface area contributed by atoms with Crippen molar-refractivity contribution in [3.05, 3.63) is 89.2 Å². The van der Waals surface area contributed by atoms with Crippen LogP contribution in [-0.2, 0) is 51.1 Å². The first-order valence-electron chi connectivity index (χ1n) is 20.3. The van der Waals surface area contributed by atoms with Gasteiger partial charge in [-0.15, -0.1) is 11.3 Å². The standard InChI is InChI=1S/C43H55N7O10S/c1-32-47-37-29-34(42(53)49-43-48-38(31-61-43)36-5-2-3-15-45-36)9-12-39(37)50(32)16-4-6-40(51)46-30-33-7-10-35(11-8-33)60-41(52)13-17-54-19-21-56-23-25-58-27-28-59-26-24-57-22-20-55-18-14-44/h2-3,5,7-12,15,29,31H,4,6,13-14,16-28,30,44H2,1H3,(H,46,51)(H,48,49,53). The molecule has 0 aliphatic heterocycles. The summed E-state index contributed by atoms with van der Waals surface area (Å²) < 4.78 is 39.9. The monoisotopic (exact) mass is 861 g/mol. The van der Waals surface area contributed by atoms with Crippen LogP contribution in [0.3, 0.4) is 0 Å². The molecular formula is C43H55N7O10S. The number of hydrogen-bond donors (Lipinski definition) is 3. The highest BCUT2D eigenvalue weighted by atomic mass is 32.1. The van der Waals surface area contributed by atoms with E-state index in [2.05, 4.69) is 25.6 Å². The van der Waals surface area contributed by atoms with Gasteiger partial charge in [0.2, 0.25) is 5.91 Å². The number of fused-ring (bicyclic) bond motifs is 1. The predicted octanol–water partition coefficient (Wildman–Crippen LogP) is 4.57. The maximum atomic E-state index is 13.0. The molecule has 0 aliphatic carbocycles. The van der Waals surface area contributed by atoms with Crippen LogP contribution in [0, 0.1) is 6.92 Å². The van der Waals surface area contributed by atoms with E-state index >= 15 is 0 Å². The van der Waals surface area contributed by atoms with Gasteiger partial charge in [-0.05, 0) is 61.4 Å². The number of pyridine rings is 1. The number of nitrogens with one attached hydrogen (secondary N) is 2. The Morgan fingerprint density at radius 1 is 0.738 bits per heavy atom. The van der Waals surface area contributed by atoms with Crippen LogP contribution in [-0.4, -0.2) is 123 Å². The topological polar surface area (TPSA) is 209 Å². The fourth-order valence-electron chi connectivity index (χ4n) is 5.79. The van der Waals surface area contributed by atoms with Gasteiger partial charge in [0.1, 0.15) is 17.3 Å². The number of carbonyl (C=O) groups is 3. The Kier molecular flexibility index (Phi) is 20.7. The predicted molar refractivity (Wildman–Crippen MR) is 230 cm³/mol. The molecule has 328 valence electrons. The van der Waals surface area contributed by atoms with Crippen molar-refractivity contribution in [2.45, 2.75) is 39.3 Å². The van der Waals surface area contributed by atoms with E-state index in [1.807, 2.05) is 41.1 Å². The molecule has 0 saturated heterocycles. The van der Waals surface area contributed by atoms with Gasteiger partial charge < -0.3 is 48.8 Å². The van der Waals surface area contributed by atoms with Gasteiger partial charge in [-0.3, -0.25) is 24.7 Å². The fraction of sp³-hybridized carbons (Fsp3) is 0.442. The molecule has 17 nitrogen and oxygen atoms in total. The van der Waals surface area contributed by atoms with E-state index in [4.69, 9.17) is 38.9 Å². The number of anilines is 1. The number of imidazole rings is 1. The normalized spacial score (nSPS) is 11.2. The van der Waals surface area contributed by atoms with Crippen LogP contribution in [0.15, 0.2) is 72.2 Å². The third kappa shape index (κ3) is 17.0. The Morgan fingerprint density at radius 3 is 2.03 bits per heavy atom. The van der Waals surface area contributed by atoms with Gasteiger partial charge in [0.05, 0.1) is 102 Å². The summed E-state index contributed by atoms with van der Waals surface area (Å²) in [4.78, 5) is 51.4. The van der Waals surface area contributed by atoms with Gasteiger partial charge in [0.15, 0.2) is 5.13 Å². The van der Waals surface area contributed by atoms with E-state index in [0.717, 1.165) is 22.6 Å². The Labute approximate surface area is 359 Å². The second-order valence-corrected chi connectivity index (χ2v) is 14.3. The molecule has 2 aromatic carbocycles. The first-order chi connectivity index (χ1) is 29.9. The molecule has 0 fully saturated rings. The molecule has 0 radical (unpaired) electrons. The molecule has 5 aromatic rings. The number of aryl methyl sites for hydroxylation is 2. The van der Waals surface area contributed by atoms with Crippen LogP contribution < -0.4 is 21.1 Å². The third-order valence-electron chi connectivity index (χ3n) is 8.86. The number of benzene rings is 2. The quantitative estimate of drug-likeness (QED) is 0.0329. The zero-order valence-electron chi connectivity index (χ0n) is 34.5. The minimum Gasteiger partial charge on any atom is -0.426 e. The minimum atomic E-state index is -0.407. The summed E-state index contributed by atoms with van der Waals surface area (Å²) in [5.41, 5.74) is 9.71. The number of nitrogens with two attached hydrogens (primary N) is 1. The molecule has 4 N–H and O–H groups in total. The van der Waals surface area contributed by atoms with Crippen molar-refractivity contribution < 1.29 is 47.5 Å². The smallest absolute Gasteiger partial charge is 0.313 e. The molecule has 0 bridgehead atoms. The zero-order chi connectivity index (χ0) is 42.9. The number of rotatable bonds is 30. The molecule has 61 heavy (non-hydrogen) atoms. The number of thiazole rings is 1. The summed E-state index contributed by atoms with van der Waals surface area (Å²) in [6.07, 6.45) is 2.73. The second-order valence-electron chi connectivity index (χ2n) is 13.4. The number of carbonyl (C=O) groups excluding carboxylic acids is 3. The summed E-state index contributed by atoms with van der Waals surface area (Å²) >= 11 is 1.34. The van der Waals surface area contributed by atoms with Crippen molar-refractivity contribution in [1.82, 2.24) is 24.8 Å². The minimum absolute atomic E-state index is 0.0794. The highest BCUT2D eigenvalue weighted by Crippen LogP contribution is 2.25. The SMILES string of the molecule is Cc1nc2cc(C(=O)Nc3nc(-c4ccccn4)cs3)ccc2n1CCCC(=O)NCc1ccc(OC(=O)CCOCCOCCOCCOCCOCCOCCN)cc1. The van der Waals surface area contributed by atoms with Crippen LogP contribution in [0.4, 0.5) is 5.13 Å². The van der Waals surface area contributed by atoms with Gasteiger partial charge in [0, 0.05) is 43.2 Å². The number of esters is 1. The largest absolute Gasteiger partial charge is 0.426 e. The molecule has 0 unspecified atom stereocenters. The fourth-order valence-corrected chi connectivity index (χ4v) is 6.49. The van der Waals surface area contributed by atoms with E-state index in [1.54, 1.807) is 42.6 Å². The molecule has 0 atom stereocenters. The van der Waals surface area contributed by atoms with Gasteiger partial charge in [-0.25, -0.2) is 9.97 Å². The summed E-state index contributed by atoms with van der Waals surface area (Å²) in [5, 5.41) is 8.15. The van der Waals surface area contributed by atoms with Crippen LogP contribution in [0.1, 0.15) is 41.0 Å². The van der Waals surface area contributed by atoms with E-state index in [1.165, 1.54) is 11.3 Å². The van der Waals surface area contributed by atoms with Crippen molar-refractivity contribution >= 4 is 45.3 Å². The van der Waals surface area contributed by atoms with Crippen LogP contribution in [0.25, 0.3) is 22.4 Å². The summed E-state index contributed by atoms with van der Waals surface area (Å²) in [6, 6.07) is 18.0. The summed E-state index contributed by atoms with van der Waals surface area (Å²) in [5.74, 6) is 0.444. The first kappa shape index (κ1) is 46.9. The Bertz CT molecular complexity index is 2060. The Balaban J connectivity index is 0.877. The molecule has 0 aliphatic rings. The average Bonchev–Trinajstić information content (AvgIpc) is 3.87. The maximum Gasteiger partial charge on any atom is 0.313 e. The molecular weight excluding hydrogens is 807 g/mol. The van der Waals surface area contributed by atoms with Crippen molar-refractivity contribution in [3.8, 4) is 17.1 Å². The molecule has 5 rings (SSSR count). The Hall–Kier alpha value is -5.18. The number of nitrogens with zero attached hydrogens (tertiary/aromatic N) is 4. The van der Waals surface area contributed by atoms with Crippen molar-refractivity contribution in [2.75, 3.05) is 91.1 Å². The number of amides is 2. The number of aromatic nitrogens is 4. The lowest BCUT2D eigenvalue weighted by atomic mass is 10.2. The molecule has 18 heteroatoms. The number of hydrogen-bond acceptors (Lipinski definition) is 15. The van der Waals surface area contributed by atoms with Gasteiger partial charge >= 0.3 is 5.97 Å². The van der Waals surface area contributed by atoms with E-state index in [0.29, 0.717) is 133 Å². The molecule has 2 amide bonds. The molecule has 0 spiro atoms. The van der Waals surface area contributed by atoms with Gasteiger partial charge in [-0.2, -0.15) is 0 Å². The van der Waals surface area contributed by atoms with Crippen LogP contribution >= 0.6 is 11.3 Å². The van der Waals surface area contributed by atoms with E-state index in [9.17, 15) is 14.4 Å². The molecule has 3 heterocycles. The highest BCUT2D eigenvalue weighted by molar-refractivity contribution is 7.14. The summed E-state index contributed by atoms with van der Waals surface area (Å²) in [6.45, 7) is 8.67. The number of ether oxygens (including phenoxy) is 7. The van der Waals surface area contributed by atoms with Crippen molar-refractivity contribution in [1.29, 1.82) is 0 Å². The lowest BCUT2D eigenvalue weighted by molar-refractivity contribution is -0.135. The second kappa shape index (κ2) is 26.9. The van der Waals surface area contributed by atoms with Crippen molar-refractivity contribution in [2.24, 2.45) is 5.73 Å². The van der Waals surface area contributed by atoms with E-state index < -0.39 is 5.97 Å². The lowest BCUT2D eigenvalue weighted by Gasteiger charge is -2.09. The first-order valence-corrected chi connectivity index (χ1v) is 21.2. The highest BCUT2D eigenvalue weighted by Gasteiger charge is 2.15. The third-order valence-corrected chi connectivity index (χ3v) is 9.61. The maximum absolute atomic E-state index is 13.0. The van der Waals surface area contributed by atoms with Gasteiger partial charge in [0.25, 0.3) is 5.91 Å². The zero-order valence-corrected chi connectivity index (χ0v) is 35.3. The van der Waals surface area contributed by atoms with Crippen molar-refractivity contribution in [3.63, 3.8) is 0 Å². The lowest BCUT2D eigenvalue weighted by Crippen LogP contribution is -2.22. The van der Waals surface area contributed by atoms with E-state index in [-0.39, 0.29) is 24.8 Å². The van der Waals surface area contributed by atoms with Crippen LogP contribution in [0.5, 0.6) is 5.75 Å². The Morgan fingerprint density at radius 2 is 1.39 bits per heavy atom. The summed E-state index contributed by atoms with van der Waals surface area (Å²) in [7, 11) is 0. The average molecular weight is 862 g/mol. The van der Waals surface area contributed by atoms with Crippen LogP contribution in [0.2, 0.25) is 0 Å². The van der Waals surface area contributed by atoms with Gasteiger partial charge in [-0.1, -0.05) is 18.2 Å². The molecule has 3 aromatic heterocycles.